The number of hydrogen-bond donors (Lipinski definition) is 3. The highest BCUT2D eigenvalue weighted by molar-refractivity contribution is 14.0. The molecular weight excluding hydrogens is 423 g/mol. The number of rotatable bonds is 9. The van der Waals surface area contributed by atoms with E-state index in [1.165, 1.54) is 0 Å². The lowest BCUT2D eigenvalue weighted by Crippen LogP contribution is -2.38. The fourth-order valence-electron chi connectivity index (χ4n) is 1.90. The van der Waals surface area contributed by atoms with Gasteiger partial charge in [0, 0.05) is 26.3 Å². The number of aliphatic imine (C=N–C) groups is 1. The van der Waals surface area contributed by atoms with Gasteiger partial charge in [0.25, 0.3) is 0 Å². The number of H-pyrrole nitrogens is 1. The molecule has 0 bridgehead atoms. The van der Waals surface area contributed by atoms with Crippen LogP contribution in [0.25, 0.3) is 11.6 Å². The summed E-state index contributed by atoms with van der Waals surface area (Å²) in [6, 6.07) is 3.62. The van der Waals surface area contributed by atoms with Gasteiger partial charge in [0.05, 0.1) is 6.26 Å². The fraction of sp³-hybridized carbons (Fsp3) is 0.533. The third-order valence-corrected chi connectivity index (χ3v) is 2.97. The Hall–Kier alpha value is -1.62. The van der Waals surface area contributed by atoms with Gasteiger partial charge >= 0.3 is 0 Å². The number of aromatic nitrogens is 3. The molecule has 24 heavy (non-hydrogen) atoms. The summed E-state index contributed by atoms with van der Waals surface area (Å²) in [5, 5.41) is 13.5. The van der Waals surface area contributed by atoms with Crippen LogP contribution in [-0.4, -0.2) is 47.4 Å². The zero-order valence-electron chi connectivity index (χ0n) is 14.0. The third-order valence-electron chi connectivity index (χ3n) is 2.97. The third kappa shape index (κ3) is 6.87. The van der Waals surface area contributed by atoms with Crippen LogP contribution in [-0.2, 0) is 11.3 Å². The highest BCUT2D eigenvalue weighted by Crippen LogP contribution is 2.14. The minimum atomic E-state index is 0. The molecule has 2 aromatic rings. The van der Waals surface area contributed by atoms with Gasteiger partial charge in [-0.3, -0.25) is 5.10 Å². The zero-order chi connectivity index (χ0) is 16.3. The first-order chi connectivity index (χ1) is 11.3. The van der Waals surface area contributed by atoms with Crippen LogP contribution in [0.4, 0.5) is 0 Å². The summed E-state index contributed by atoms with van der Waals surface area (Å²) >= 11 is 0. The second-order valence-corrected chi connectivity index (χ2v) is 4.76. The Bertz CT molecular complexity index is 585. The van der Waals surface area contributed by atoms with Gasteiger partial charge in [0.1, 0.15) is 12.4 Å². The molecule has 134 valence electrons. The van der Waals surface area contributed by atoms with E-state index in [2.05, 4.69) is 30.8 Å². The molecule has 0 aliphatic carbocycles. The number of nitrogens with one attached hydrogen (secondary N) is 3. The van der Waals surface area contributed by atoms with Crippen molar-refractivity contribution in [2.45, 2.75) is 26.8 Å². The van der Waals surface area contributed by atoms with E-state index in [4.69, 9.17) is 9.15 Å². The predicted molar refractivity (Wildman–Crippen MR) is 103 cm³/mol. The molecule has 0 aliphatic rings. The summed E-state index contributed by atoms with van der Waals surface area (Å²) in [5.41, 5.74) is 0. The van der Waals surface area contributed by atoms with Crippen molar-refractivity contribution in [1.29, 1.82) is 0 Å². The quantitative estimate of drug-likeness (QED) is 0.235. The normalized spacial score (nSPS) is 11.2. The van der Waals surface area contributed by atoms with E-state index in [1.54, 1.807) is 12.3 Å². The van der Waals surface area contributed by atoms with Crippen LogP contribution >= 0.6 is 24.0 Å². The average molecular weight is 448 g/mol. The Morgan fingerprint density at radius 1 is 1.38 bits per heavy atom. The lowest BCUT2D eigenvalue weighted by Gasteiger charge is -2.10. The van der Waals surface area contributed by atoms with Gasteiger partial charge in [-0.2, -0.15) is 0 Å². The van der Waals surface area contributed by atoms with Gasteiger partial charge < -0.3 is 19.8 Å². The van der Waals surface area contributed by atoms with Crippen molar-refractivity contribution in [2.75, 3.05) is 26.3 Å². The minimum Gasteiger partial charge on any atom is -0.461 e. The number of hydrogen-bond acceptors (Lipinski definition) is 5. The van der Waals surface area contributed by atoms with Gasteiger partial charge in [-0.25, -0.2) is 9.98 Å². The maximum Gasteiger partial charge on any atom is 0.216 e. The Morgan fingerprint density at radius 3 is 2.96 bits per heavy atom. The molecule has 0 saturated carbocycles. The number of furan rings is 1. The number of guanidine groups is 1. The first-order valence-corrected chi connectivity index (χ1v) is 7.88. The largest absolute Gasteiger partial charge is 0.461 e. The topological polar surface area (TPSA) is 100 Å². The van der Waals surface area contributed by atoms with E-state index in [-0.39, 0.29) is 24.0 Å². The molecule has 0 aromatic carbocycles. The molecule has 0 saturated heterocycles. The summed E-state index contributed by atoms with van der Waals surface area (Å²) in [7, 11) is 0. The predicted octanol–water partition coefficient (Wildman–Crippen LogP) is 2.16. The first-order valence-electron chi connectivity index (χ1n) is 7.88. The Kier molecular flexibility index (Phi) is 10.1. The van der Waals surface area contributed by atoms with Crippen LogP contribution in [0.15, 0.2) is 27.8 Å². The van der Waals surface area contributed by atoms with E-state index in [0.717, 1.165) is 38.7 Å². The molecule has 0 atom stereocenters. The molecule has 0 unspecified atom stereocenters. The van der Waals surface area contributed by atoms with Gasteiger partial charge in [-0.15, -0.1) is 29.1 Å². The highest BCUT2D eigenvalue weighted by atomic mass is 127. The Balaban J connectivity index is 0.00000288. The van der Waals surface area contributed by atoms with Gasteiger partial charge in [0.15, 0.2) is 11.7 Å². The SMILES string of the molecule is CCNC(=NCc1nc(-c2ccco2)n[nH]1)NCCCOCC.I. The summed E-state index contributed by atoms with van der Waals surface area (Å²) in [5.74, 6) is 2.61. The average Bonchev–Trinajstić information content (AvgIpc) is 3.23. The maximum absolute atomic E-state index is 5.31. The number of aromatic amines is 1. The number of ether oxygens (including phenoxy) is 1. The van der Waals surface area contributed by atoms with Crippen LogP contribution in [0.3, 0.4) is 0 Å². The van der Waals surface area contributed by atoms with Crippen molar-refractivity contribution in [3.05, 3.63) is 24.2 Å². The fourth-order valence-corrected chi connectivity index (χ4v) is 1.90. The van der Waals surface area contributed by atoms with Crippen molar-refractivity contribution in [2.24, 2.45) is 4.99 Å². The minimum absolute atomic E-state index is 0. The van der Waals surface area contributed by atoms with Gasteiger partial charge in [-0.05, 0) is 32.4 Å². The van der Waals surface area contributed by atoms with Crippen molar-refractivity contribution >= 4 is 29.9 Å². The molecule has 0 radical (unpaired) electrons. The van der Waals surface area contributed by atoms with Crippen LogP contribution in [0.2, 0.25) is 0 Å². The van der Waals surface area contributed by atoms with Gasteiger partial charge in [0.2, 0.25) is 5.82 Å². The van der Waals surface area contributed by atoms with E-state index in [9.17, 15) is 0 Å². The standard InChI is InChI=1S/C15H24N6O2.HI/c1-3-16-15(17-8-6-9-22-4-2)18-11-13-19-14(21-20-13)12-7-5-10-23-12;/h5,7,10H,3-4,6,8-9,11H2,1-2H3,(H2,16,17,18)(H,19,20,21);1H. The maximum atomic E-state index is 5.31. The van der Waals surface area contributed by atoms with E-state index < -0.39 is 0 Å². The molecule has 2 rings (SSSR count). The van der Waals surface area contributed by atoms with E-state index in [0.29, 0.717) is 24.0 Å². The van der Waals surface area contributed by atoms with Crippen molar-refractivity contribution < 1.29 is 9.15 Å². The summed E-state index contributed by atoms with van der Waals surface area (Å²) in [6.45, 7) is 7.53. The van der Waals surface area contributed by atoms with E-state index in [1.807, 2.05) is 19.9 Å². The smallest absolute Gasteiger partial charge is 0.216 e. The molecule has 8 nitrogen and oxygen atoms in total. The van der Waals surface area contributed by atoms with Crippen LogP contribution in [0, 0.1) is 0 Å². The summed E-state index contributed by atoms with van der Waals surface area (Å²) in [4.78, 5) is 8.85. The molecule has 0 fully saturated rings. The molecule has 0 spiro atoms. The molecule has 2 heterocycles. The Morgan fingerprint density at radius 2 is 2.25 bits per heavy atom. The molecule has 2 aromatic heterocycles. The highest BCUT2D eigenvalue weighted by Gasteiger charge is 2.08. The number of halogens is 1. The second kappa shape index (κ2) is 11.8. The van der Waals surface area contributed by atoms with Crippen LogP contribution in [0.5, 0.6) is 0 Å². The molecule has 0 aliphatic heterocycles. The Labute approximate surface area is 158 Å². The second-order valence-electron chi connectivity index (χ2n) is 4.76. The lowest BCUT2D eigenvalue weighted by atomic mass is 10.4. The van der Waals surface area contributed by atoms with E-state index >= 15 is 0 Å². The monoisotopic (exact) mass is 448 g/mol. The van der Waals surface area contributed by atoms with Crippen molar-refractivity contribution in [3.63, 3.8) is 0 Å². The van der Waals surface area contributed by atoms with Crippen molar-refractivity contribution in [3.8, 4) is 11.6 Å². The van der Waals surface area contributed by atoms with Crippen molar-refractivity contribution in [1.82, 2.24) is 25.8 Å². The zero-order valence-corrected chi connectivity index (χ0v) is 16.4. The summed E-state index contributed by atoms with van der Waals surface area (Å²) in [6.07, 6.45) is 2.53. The lowest BCUT2D eigenvalue weighted by molar-refractivity contribution is 0.145. The molecular formula is C15H25IN6O2. The number of nitrogens with zero attached hydrogens (tertiary/aromatic N) is 3. The molecule has 9 heteroatoms. The first kappa shape index (κ1) is 20.4. The molecule has 3 N–H and O–H groups in total. The van der Waals surface area contributed by atoms with Crippen LogP contribution < -0.4 is 10.6 Å². The molecule has 0 amide bonds. The van der Waals surface area contributed by atoms with Crippen LogP contribution in [0.1, 0.15) is 26.1 Å². The van der Waals surface area contributed by atoms with Gasteiger partial charge in [-0.1, -0.05) is 0 Å². The summed E-state index contributed by atoms with van der Waals surface area (Å²) < 4.78 is 10.6.